The van der Waals surface area contributed by atoms with Crippen LogP contribution in [0.15, 0.2) is 117 Å². The Bertz CT molecular complexity index is 1540. The third-order valence-electron chi connectivity index (χ3n) is 7.34. The summed E-state index contributed by atoms with van der Waals surface area (Å²) >= 11 is 10.8. The first kappa shape index (κ1) is 30.8. The van der Waals surface area contributed by atoms with Crippen molar-refractivity contribution in [1.82, 2.24) is 20.7 Å². The Balaban J connectivity index is 0.000000351. The predicted octanol–water partition coefficient (Wildman–Crippen LogP) is 4.53. The molecule has 212 valence electrons. The van der Waals surface area contributed by atoms with E-state index >= 15 is 0 Å². The summed E-state index contributed by atoms with van der Waals surface area (Å²) < 4.78 is 0. The number of para-hydroxylation sites is 2. The zero-order valence-corrected chi connectivity index (χ0v) is 28.3. The summed E-state index contributed by atoms with van der Waals surface area (Å²) in [6, 6.07) is 31.1. The first-order chi connectivity index (χ1) is 20.6. The van der Waals surface area contributed by atoms with Gasteiger partial charge >= 0.3 is 19.5 Å². The van der Waals surface area contributed by atoms with Gasteiger partial charge in [-0.2, -0.15) is 10.2 Å². The number of hydrazone groups is 2. The van der Waals surface area contributed by atoms with Crippen molar-refractivity contribution < 1.29 is 19.5 Å². The molecule has 0 unspecified atom stereocenters. The van der Waals surface area contributed by atoms with Gasteiger partial charge in [-0.1, -0.05) is 72.8 Å². The molecule has 4 aromatic carbocycles. The average molecular weight is 656 g/mol. The molecule has 0 radical (unpaired) electrons. The van der Waals surface area contributed by atoms with Crippen molar-refractivity contribution in [3.05, 3.63) is 108 Å². The van der Waals surface area contributed by atoms with E-state index in [1.807, 2.05) is 84.9 Å². The summed E-state index contributed by atoms with van der Waals surface area (Å²) in [6.45, 7) is 7.92. The second kappa shape index (κ2) is 14.7. The minimum atomic E-state index is 0. The SMILES string of the molecule is C1CN2CCN1CC2.[S-]C(=Nc1ccccc1)N/N=C1\C(=N\NC([S-])=Nc2ccccc2)c2cccc3cccc1c23.[Zn+2]. The Morgan fingerprint density at radius 2 is 0.930 bits per heavy atom. The number of aliphatic imine (C=N–C) groups is 2. The summed E-state index contributed by atoms with van der Waals surface area (Å²) in [5.74, 6) is 0. The van der Waals surface area contributed by atoms with Crippen LogP contribution in [0.4, 0.5) is 11.4 Å². The smallest absolute Gasteiger partial charge is 0.741 e. The molecular formula is C32H30N8S2Zn. The van der Waals surface area contributed by atoms with Gasteiger partial charge in [0.1, 0.15) is 11.4 Å². The standard InChI is InChI=1S/C26H20N6S2.C6H12N2.Zn/c33-25(27-18-11-3-1-4-12-18)31-29-23-20-15-7-9-17-10-8-16-21(22(17)20)24(23)30-32-26(34)28-19-13-5-2-6-14-19;1-2-8-5-3-7(1)4-6-8;/h1-16H,(H2,27,31,33)(H2,28,32,34);1-6H2;/q;;+2/p-2/b29-23-,30-24+;;. The molecule has 11 heteroatoms. The van der Waals surface area contributed by atoms with E-state index in [2.05, 4.69) is 53.0 Å². The summed E-state index contributed by atoms with van der Waals surface area (Å²) in [5.41, 5.74) is 10.5. The first-order valence-electron chi connectivity index (χ1n) is 13.9. The van der Waals surface area contributed by atoms with Crippen molar-refractivity contribution in [3.63, 3.8) is 0 Å². The topological polar surface area (TPSA) is 80.0 Å². The number of fused-ring (bicyclic) bond motifs is 3. The quantitative estimate of drug-likeness (QED) is 0.111. The molecule has 2 bridgehead atoms. The maximum atomic E-state index is 5.38. The molecule has 8 nitrogen and oxygen atoms in total. The number of benzene rings is 4. The third-order valence-corrected chi connectivity index (χ3v) is 7.70. The fraction of sp³-hybridized carbons (Fsp3) is 0.188. The van der Waals surface area contributed by atoms with E-state index in [9.17, 15) is 0 Å². The fourth-order valence-electron chi connectivity index (χ4n) is 5.23. The van der Waals surface area contributed by atoms with Gasteiger partial charge in [-0.05, 0) is 29.7 Å². The van der Waals surface area contributed by atoms with Gasteiger partial charge in [-0.25, -0.2) is 0 Å². The largest absolute Gasteiger partial charge is 2.00 e. The van der Waals surface area contributed by atoms with Gasteiger partial charge in [0.2, 0.25) is 0 Å². The van der Waals surface area contributed by atoms with Crippen LogP contribution in [-0.4, -0.2) is 70.8 Å². The maximum Gasteiger partial charge on any atom is 2.00 e. The van der Waals surface area contributed by atoms with Gasteiger partial charge in [-0.3, -0.25) is 30.6 Å². The number of nitrogens with zero attached hydrogens (tertiary/aromatic N) is 6. The number of rotatable bonds is 4. The van der Waals surface area contributed by atoms with Gasteiger partial charge in [0.15, 0.2) is 0 Å². The Kier molecular flexibility index (Phi) is 10.6. The molecule has 3 aliphatic heterocycles. The molecule has 0 amide bonds. The van der Waals surface area contributed by atoms with Gasteiger partial charge < -0.3 is 25.3 Å². The summed E-state index contributed by atoms with van der Waals surface area (Å²) in [6.07, 6.45) is 0. The number of hydrogen-bond donors (Lipinski definition) is 2. The second-order valence-corrected chi connectivity index (χ2v) is 10.8. The van der Waals surface area contributed by atoms with Crippen LogP contribution in [-0.2, 0) is 44.7 Å². The minimum Gasteiger partial charge on any atom is -0.741 e. The molecule has 3 fully saturated rings. The molecule has 43 heavy (non-hydrogen) atoms. The van der Waals surface area contributed by atoms with Crippen molar-refractivity contribution in [2.24, 2.45) is 20.2 Å². The van der Waals surface area contributed by atoms with Crippen molar-refractivity contribution in [1.29, 1.82) is 0 Å². The van der Waals surface area contributed by atoms with Crippen LogP contribution in [0.3, 0.4) is 0 Å². The Morgan fingerprint density at radius 3 is 1.30 bits per heavy atom. The molecule has 3 heterocycles. The Morgan fingerprint density at radius 1 is 0.535 bits per heavy atom. The van der Waals surface area contributed by atoms with Crippen LogP contribution >= 0.6 is 0 Å². The average Bonchev–Trinajstić information content (AvgIpc) is 3.35. The zero-order valence-electron chi connectivity index (χ0n) is 23.7. The number of hydrogen-bond acceptors (Lipinski definition) is 8. The molecule has 0 saturated carbocycles. The summed E-state index contributed by atoms with van der Waals surface area (Å²) in [5, 5.41) is 11.9. The molecule has 3 saturated heterocycles. The van der Waals surface area contributed by atoms with Crippen LogP contribution in [0.1, 0.15) is 11.1 Å². The van der Waals surface area contributed by atoms with E-state index in [4.69, 9.17) is 25.3 Å². The molecule has 4 aromatic rings. The molecule has 4 aliphatic rings. The van der Waals surface area contributed by atoms with Gasteiger partial charge in [0, 0.05) is 66.1 Å². The van der Waals surface area contributed by atoms with E-state index in [0.29, 0.717) is 11.4 Å². The van der Waals surface area contributed by atoms with Crippen LogP contribution in [0, 0.1) is 0 Å². The van der Waals surface area contributed by atoms with Crippen molar-refractivity contribution in [3.8, 4) is 0 Å². The molecule has 1 aliphatic carbocycles. The minimum absolute atomic E-state index is 0. The predicted molar refractivity (Wildman–Crippen MR) is 178 cm³/mol. The normalized spacial score (nSPS) is 20.8. The van der Waals surface area contributed by atoms with E-state index in [-0.39, 0.29) is 29.8 Å². The molecule has 0 aromatic heterocycles. The van der Waals surface area contributed by atoms with E-state index in [0.717, 1.165) is 33.3 Å². The first-order valence-corrected chi connectivity index (χ1v) is 14.7. The number of nitrogens with one attached hydrogen (secondary N) is 2. The van der Waals surface area contributed by atoms with Crippen molar-refractivity contribution in [2.45, 2.75) is 0 Å². The second-order valence-electron chi connectivity index (χ2n) is 10.0. The number of amidine groups is 2. The van der Waals surface area contributed by atoms with E-state index in [1.165, 1.54) is 39.3 Å². The van der Waals surface area contributed by atoms with Gasteiger partial charge in [0.05, 0.1) is 11.4 Å². The van der Waals surface area contributed by atoms with E-state index in [1.54, 1.807) is 0 Å². The molecule has 0 spiro atoms. The number of piperazine rings is 3. The monoisotopic (exact) mass is 654 g/mol. The van der Waals surface area contributed by atoms with Crippen LogP contribution in [0.2, 0.25) is 0 Å². The van der Waals surface area contributed by atoms with Crippen molar-refractivity contribution in [2.75, 3.05) is 39.3 Å². The third kappa shape index (κ3) is 7.68. The molecule has 0 atom stereocenters. The zero-order chi connectivity index (χ0) is 28.7. The van der Waals surface area contributed by atoms with Crippen molar-refractivity contribution >= 4 is 69.2 Å². The van der Waals surface area contributed by atoms with Gasteiger partial charge in [-0.15, -0.1) is 0 Å². The fourth-order valence-corrected chi connectivity index (χ4v) is 5.54. The summed E-state index contributed by atoms with van der Waals surface area (Å²) in [4.78, 5) is 13.9. The maximum absolute atomic E-state index is 5.38. The molecule has 2 N–H and O–H groups in total. The van der Waals surface area contributed by atoms with Crippen LogP contribution in [0.25, 0.3) is 10.8 Å². The Hall–Kier alpha value is -3.60. The molecular weight excluding hydrogens is 626 g/mol. The van der Waals surface area contributed by atoms with Crippen LogP contribution < -0.4 is 10.9 Å². The van der Waals surface area contributed by atoms with Crippen LogP contribution in [0.5, 0.6) is 0 Å². The van der Waals surface area contributed by atoms with E-state index < -0.39 is 0 Å². The van der Waals surface area contributed by atoms with Gasteiger partial charge in [0.25, 0.3) is 0 Å². The Labute approximate surface area is 275 Å². The molecule has 8 rings (SSSR count). The summed E-state index contributed by atoms with van der Waals surface area (Å²) in [7, 11) is 0.